The first-order valence-corrected chi connectivity index (χ1v) is 6.17. The summed E-state index contributed by atoms with van der Waals surface area (Å²) < 4.78 is 19.3. The molecule has 19 heavy (non-hydrogen) atoms. The third kappa shape index (κ3) is 3.19. The van der Waals surface area contributed by atoms with E-state index < -0.39 is 5.82 Å². The normalized spacial score (nSPS) is 10.3. The van der Waals surface area contributed by atoms with Gasteiger partial charge in [0.1, 0.15) is 5.75 Å². The highest BCUT2D eigenvalue weighted by Gasteiger charge is 2.09. The Bertz CT molecular complexity index is 588. The van der Waals surface area contributed by atoms with Crippen LogP contribution in [0.5, 0.6) is 11.5 Å². The molecule has 0 atom stereocenters. The largest absolute Gasteiger partial charge is 0.454 e. The molecule has 0 unspecified atom stereocenters. The summed E-state index contributed by atoms with van der Waals surface area (Å²) in [6.45, 7) is 3.71. The predicted molar refractivity (Wildman–Crippen MR) is 72.3 cm³/mol. The van der Waals surface area contributed by atoms with Gasteiger partial charge in [-0.1, -0.05) is 24.6 Å². The number of carbonyl (C=O) groups excluding carboxylic acids is 1. The molecule has 0 bridgehead atoms. The lowest BCUT2D eigenvalue weighted by Crippen LogP contribution is -1.98. The first-order chi connectivity index (χ1) is 9.10. The van der Waals surface area contributed by atoms with Crippen molar-refractivity contribution in [3.8, 4) is 11.5 Å². The Morgan fingerprint density at radius 1 is 1.16 bits per heavy atom. The van der Waals surface area contributed by atoms with Gasteiger partial charge in [-0.15, -0.1) is 0 Å². The van der Waals surface area contributed by atoms with Gasteiger partial charge in [-0.25, -0.2) is 4.39 Å². The zero-order valence-corrected chi connectivity index (χ0v) is 10.9. The molecule has 0 fully saturated rings. The molecule has 0 aliphatic rings. The molecule has 0 aliphatic carbocycles. The molecule has 2 rings (SSSR count). The molecule has 2 aromatic carbocycles. The highest BCUT2D eigenvalue weighted by molar-refractivity contribution is 5.95. The van der Waals surface area contributed by atoms with Crippen LogP contribution in [0.15, 0.2) is 42.5 Å². The summed E-state index contributed by atoms with van der Waals surface area (Å²) >= 11 is 0. The third-order valence-corrected chi connectivity index (χ3v) is 2.82. The lowest BCUT2D eigenvalue weighted by atomic mass is 10.1. The molecule has 2 nitrogen and oxygen atoms in total. The van der Waals surface area contributed by atoms with E-state index in [1.165, 1.54) is 12.1 Å². The smallest absolute Gasteiger partial charge is 0.166 e. The molecule has 0 aromatic heterocycles. The summed E-state index contributed by atoms with van der Waals surface area (Å²) in [5.41, 5.74) is 1.48. The van der Waals surface area contributed by atoms with E-state index in [0.717, 1.165) is 5.56 Å². The molecule has 98 valence electrons. The number of halogens is 1. The molecule has 0 amide bonds. The first-order valence-electron chi connectivity index (χ1n) is 6.17. The quantitative estimate of drug-likeness (QED) is 0.754. The fourth-order valence-corrected chi connectivity index (χ4v) is 1.69. The number of carbonyl (C=O) groups is 1. The third-order valence-electron chi connectivity index (χ3n) is 2.82. The maximum Gasteiger partial charge on any atom is 0.166 e. The average Bonchev–Trinajstić information content (AvgIpc) is 2.42. The number of rotatable bonds is 4. The second-order valence-corrected chi connectivity index (χ2v) is 4.34. The molecule has 0 spiro atoms. The number of hydrogen-bond acceptors (Lipinski definition) is 2. The van der Waals surface area contributed by atoms with Gasteiger partial charge in [-0.2, -0.15) is 0 Å². The predicted octanol–water partition coefficient (Wildman–Crippen LogP) is 4.52. The van der Waals surface area contributed by atoms with Gasteiger partial charge in [0.05, 0.1) is 0 Å². The number of hydrogen-bond donors (Lipinski definition) is 0. The summed E-state index contributed by atoms with van der Waals surface area (Å²) in [5, 5.41) is 0. The Hall–Kier alpha value is -2.16. The van der Waals surface area contributed by atoms with E-state index in [4.69, 9.17) is 4.74 Å². The molecular formula is C16H15FO2. The zero-order chi connectivity index (χ0) is 13.8. The molecular weight excluding hydrogens is 243 g/mol. The monoisotopic (exact) mass is 258 g/mol. The van der Waals surface area contributed by atoms with Gasteiger partial charge in [0.25, 0.3) is 0 Å². The summed E-state index contributed by atoms with van der Waals surface area (Å²) in [6, 6.07) is 11.6. The Balaban J connectivity index is 2.22. The molecule has 2 aromatic rings. The lowest BCUT2D eigenvalue weighted by molar-refractivity contribution is 0.0987. The summed E-state index contributed by atoms with van der Waals surface area (Å²) in [4.78, 5) is 11.5. The van der Waals surface area contributed by atoms with E-state index in [2.05, 4.69) is 0 Å². The van der Waals surface area contributed by atoms with Crippen LogP contribution >= 0.6 is 0 Å². The van der Waals surface area contributed by atoms with Crippen molar-refractivity contribution in [2.45, 2.75) is 20.3 Å². The van der Waals surface area contributed by atoms with Crippen molar-refractivity contribution in [2.75, 3.05) is 0 Å². The van der Waals surface area contributed by atoms with E-state index in [1.807, 2.05) is 19.1 Å². The second kappa shape index (κ2) is 5.65. The van der Waals surface area contributed by atoms with Gasteiger partial charge in [0.15, 0.2) is 17.3 Å². The van der Waals surface area contributed by atoms with Crippen molar-refractivity contribution in [3.63, 3.8) is 0 Å². The SMILES string of the molecule is CCC(=O)c1ccc(Oc2ccc(C)cc2)c(F)c1. The topological polar surface area (TPSA) is 26.3 Å². The fraction of sp³-hybridized carbons (Fsp3) is 0.188. The van der Waals surface area contributed by atoms with Crippen molar-refractivity contribution < 1.29 is 13.9 Å². The van der Waals surface area contributed by atoms with Crippen LogP contribution in [0, 0.1) is 12.7 Å². The van der Waals surface area contributed by atoms with Gasteiger partial charge in [-0.05, 0) is 37.3 Å². The molecule has 0 aliphatic heterocycles. The second-order valence-electron chi connectivity index (χ2n) is 4.34. The van der Waals surface area contributed by atoms with Crippen molar-refractivity contribution in [2.24, 2.45) is 0 Å². The van der Waals surface area contributed by atoms with E-state index in [1.54, 1.807) is 25.1 Å². The van der Waals surface area contributed by atoms with Crippen LogP contribution in [-0.4, -0.2) is 5.78 Å². The van der Waals surface area contributed by atoms with Gasteiger partial charge in [0, 0.05) is 12.0 Å². The lowest BCUT2D eigenvalue weighted by Gasteiger charge is -2.08. The Morgan fingerprint density at radius 3 is 2.42 bits per heavy atom. The molecule has 0 heterocycles. The van der Waals surface area contributed by atoms with Crippen molar-refractivity contribution >= 4 is 5.78 Å². The van der Waals surface area contributed by atoms with Gasteiger partial charge in [0.2, 0.25) is 0 Å². The summed E-state index contributed by atoms with van der Waals surface area (Å²) in [7, 11) is 0. The maximum absolute atomic E-state index is 13.8. The van der Waals surface area contributed by atoms with Crippen molar-refractivity contribution in [1.82, 2.24) is 0 Å². The van der Waals surface area contributed by atoms with Gasteiger partial charge >= 0.3 is 0 Å². The van der Waals surface area contributed by atoms with Crippen LogP contribution in [0.2, 0.25) is 0 Å². The van der Waals surface area contributed by atoms with Crippen LogP contribution < -0.4 is 4.74 Å². The standard InChI is InChI=1S/C16H15FO2/c1-3-15(18)12-6-9-16(14(17)10-12)19-13-7-4-11(2)5-8-13/h4-10H,3H2,1-2H3. The molecule has 0 saturated heterocycles. The van der Waals surface area contributed by atoms with Crippen molar-refractivity contribution in [1.29, 1.82) is 0 Å². The summed E-state index contributed by atoms with van der Waals surface area (Å²) in [6.07, 6.45) is 0.359. The molecule has 0 radical (unpaired) electrons. The van der Waals surface area contributed by atoms with Crippen LogP contribution in [0.25, 0.3) is 0 Å². The number of ether oxygens (including phenoxy) is 1. The van der Waals surface area contributed by atoms with Gasteiger partial charge in [-0.3, -0.25) is 4.79 Å². The molecule has 3 heteroatoms. The number of benzene rings is 2. The molecule has 0 saturated carbocycles. The minimum absolute atomic E-state index is 0.0826. The Labute approximate surface area is 111 Å². The number of ketones is 1. The Morgan fingerprint density at radius 2 is 1.84 bits per heavy atom. The van der Waals surface area contributed by atoms with E-state index >= 15 is 0 Å². The van der Waals surface area contributed by atoms with E-state index in [0.29, 0.717) is 17.7 Å². The minimum atomic E-state index is -0.528. The van der Waals surface area contributed by atoms with E-state index in [9.17, 15) is 9.18 Å². The molecule has 0 N–H and O–H groups in total. The van der Waals surface area contributed by atoms with E-state index in [-0.39, 0.29) is 11.5 Å². The van der Waals surface area contributed by atoms with Crippen LogP contribution in [0.1, 0.15) is 29.3 Å². The minimum Gasteiger partial charge on any atom is -0.454 e. The summed E-state index contributed by atoms with van der Waals surface area (Å²) in [5.74, 6) is 0.0798. The zero-order valence-electron chi connectivity index (χ0n) is 10.9. The van der Waals surface area contributed by atoms with Crippen LogP contribution in [-0.2, 0) is 0 Å². The maximum atomic E-state index is 13.8. The first kappa shape index (κ1) is 13.3. The number of Topliss-reactive ketones (excluding diaryl/α,β-unsaturated/α-hetero) is 1. The van der Waals surface area contributed by atoms with Crippen LogP contribution in [0.3, 0.4) is 0 Å². The number of aryl methyl sites for hydroxylation is 1. The van der Waals surface area contributed by atoms with Crippen molar-refractivity contribution in [3.05, 3.63) is 59.4 Å². The fourth-order valence-electron chi connectivity index (χ4n) is 1.69. The van der Waals surface area contributed by atoms with Gasteiger partial charge < -0.3 is 4.74 Å². The van der Waals surface area contributed by atoms with Crippen LogP contribution in [0.4, 0.5) is 4.39 Å². The highest BCUT2D eigenvalue weighted by Crippen LogP contribution is 2.25. The Kier molecular flexibility index (Phi) is 3.95. The highest BCUT2D eigenvalue weighted by atomic mass is 19.1. The average molecular weight is 258 g/mol.